The van der Waals surface area contributed by atoms with Gasteiger partial charge >= 0.3 is 0 Å². The van der Waals surface area contributed by atoms with Gasteiger partial charge in [0.1, 0.15) is 0 Å². The third-order valence-electron chi connectivity index (χ3n) is 3.96. The summed E-state index contributed by atoms with van der Waals surface area (Å²) in [5, 5.41) is 0.837. The lowest BCUT2D eigenvalue weighted by molar-refractivity contribution is 0.363. The number of halogens is 2. The van der Waals surface area contributed by atoms with E-state index >= 15 is 0 Å². The first-order valence-electron chi connectivity index (χ1n) is 8.44. The number of nitrogens with zero attached hydrogens (tertiary/aromatic N) is 1. The largest absolute Gasteiger partial charge is 0.307 e. The van der Waals surface area contributed by atoms with Gasteiger partial charge in [0.15, 0.2) is 0 Å². The van der Waals surface area contributed by atoms with Gasteiger partial charge in [-0.3, -0.25) is 0 Å². The fraction of sp³-hybridized carbons (Fsp3) is 0.368. The molecule has 0 saturated carbocycles. The Balaban J connectivity index is 2.29. The number of nitrogens with one attached hydrogen (secondary N) is 1. The van der Waals surface area contributed by atoms with Crippen molar-refractivity contribution in [2.75, 3.05) is 20.6 Å². The van der Waals surface area contributed by atoms with Crippen LogP contribution >= 0.6 is 23.2 Å². The minimum Gasteiger partial charge on any atom is -0.307 e. The summed E-state index contributed by atoms with van der Waals surface area (Å²) in [6.45, 7) is 2.58. The first-order chi connectivity index (χ1) is 12.2. The van der Waals surface area contributed by atoms with Crippen LogP contribution in [-0.2, 0) is 16.4 Å². The molecule has 2 aromatic carbocycles. The molecule has 1 N–H and O–H groups in total. The van der Waals surface area contributed by atoms with Gasteiger partial charge in [0.2, 0.25) is 10.0 Å². The normalized spacial score (nSPS) is 13.2. The van der Waals surface area contributed by atoms with E-state index in [0.29, 0.717) is 16.6 Å². The molecule has 0 bridgehead atoms. The van der Waals surface area contributed by atoms with Crippen molar-refractivity contribution in [3.8, 4) is 0 Å². The number of hydrogen-bond acceptors (Lipinski definition) is 3. The van der Waals surface area contributed by atoms with E-state index < -0.39 is 16.1 Å². The zero-order valence-corrected chi connectivity index (χ0v) is 17.5. The van der Waals surface area contributed by atoms with Gasteiger partial charge in [0.25, 0.3) is 0 Å². The van der Waals surface area contributed by atoms with Crippen LogP contribution in [0.2, 0.25) is 10.0 Å². The standard InChI is InChI=1S/C19H24Cl2N2O2S/c1-4-5-14-6-9-16(10-7-14)26(24,25)22-19(13-23(2)3)15-8-11-17(20)18(21)12-15/h6-12,19,22H,4-5,13H2,1-3H3. The number of aryl methyl sites for hydroxylation is 1. The van der Waals surface area contributed by atoms with Crippen molar-refractivity contribution in [3.63, 3.8) is 0 Å². The zero-order chi connectivity index (χ0) is 19.3. The first kappa shape index (κ1) is 21.2. The quantitative estimate of drug-likeness (QED) is 0.689. The Morgan fingerprint density at radius 1 is 1.04 bits per heavy atom. The molecule has 0 radical (unpaired) electrons. The lowest BCUT2D eigenvalue weighted by atomic mass is 10.1. The van der Waals surface area contributed by atoms with Crippen molar-refractivity contribution in [1.82, 2.24) is 9.62 Å². The highest BCUT2D eigenvalue weighted by atomic mass is 35.5. The van der Waals surface area contributed by atoms with Gasteiger partial charge in [0, 0.05) is 6.54 Å². The molecule has 0 amide bonds. The minimum absolute atomic E-state index is 0.251. The lowest BCUT2D eigenvalue weighted by Crippen LogP contribution is -2.35. The lowest BCUT2D eigenvalue weighted by Gasteiger charge is -2.23. The number of rotatable bonds is 8. The van der Waals surface area contributed by atoms with E-state index in [0.717, 1.165) is 24.0 Å². The maximum atomic E-state index is 12.8. The van der Waals surface area contributed by atoms with Crippen LogP contribution in [-0.4, -0.2) is 34.0 Å². The van der Waals surface area contributed by atoms with E-state index in [1.807, 2.05) is 31.1 Å². The second-order valence-electron chi connectivity index (χ2n) is 6.50. The third kappa shape index (κ3) is 5.69. The molecule has 2 rings (SSSR count). The van der Waals surface area contributed by atoms with Gasteiger partial charge in [-0.15, -0.1) is 0 Å². The van der Waals surface area contributed by atoms with E-state index in [1.54, 1.807) is 30.3 Å². The molecule has 26 heavy (non-hydrogen) atoms. The molecule has 1 atom stereocenters. The predicted octanol–water partition coefficient (Wildman–Crippen LogP) is 4.53. The topological polar surface area (TPSA) is 49.4 Å². The minimum atomic E-state index is -3.66. The summed E-state index contributed by atoms with van der Waals surface area (Å²) < 4.78 is 28.4. The molecule has 0 aromatic heterocycles. The second kappa shape index (κ2) is 9.20. The van der Waals surface area contributed by atoms with E-state index in [9.17, 15) is 8.42 Å². The van der Waals surface area contributed by atoms with Gasteiger partial charge in [-0.2, -0.15) is 0 Å². The molecule has 0 heterocycles. The fourth-order valence-corrected chi connectivity index (χ4v) is 4.21. The van der Waals surface area contributed by atoms with E-state index in [4.69, 9.17) is 23.2 Å². The van der Waals surface area contributed by atoms with Crippen molar-refractivity contribution in [2.24, 2.45) is 0 Å². The van der Waals surface area contributed by atoms with Crippen molar-refractivity contribution in [3.05, 3.63) is 63.6 Å². The SMILES string of the molecule is CCCc1ccc(S(=O)(=O)NC(CN(C)C)c2ccc(Cl)c(Cl)c2)cc1. The highest BCUT2D eigenvalue weighted by molar-refractivity contribution is 7.89. The molecule has 4 nitrogen and oxygen atoms in total. The van der Waals surface area contributed by atoms with Crippen LogP contribution in [0.1, 0.15) is 30.5 Å². The summed E-state index contributed by atoms with van der Waals surface area (Å²) in [6, 6.07) is 11.7. The molecule has 1 unspecified atom stereocenters. The Morgan fingerprint density at radius 2 is 1.69 bits per heavy atom. The Kier molecular flexibility index (Phi) is 7.50. The molecule has 0 aliphatic carbocycles. The summed E-state index contributed by atoms with van der Waals surface area (Å²) >= 11 is 12.1. The number of hydrogen-bond donors (Lipinski definition) is 1. The Hall–Kier alpha value is -1.11. The summed E-state index contributed by atoms with van der Waals surface area (Å²) in [5.41, 5.74) is 1.89. The van der Waals surface area contributed by atoms with E-state index in [1.165, 1.54) is 0 Å². The third-order valence-corrected chi connectivity index (χ3v) is 6.19. The Morgan fingerprint density at radius 3 is 2.23 bits per heavy atom. The average Bonchev–Trinajstić information content (AvgIpc) is 2.57. The van der Waals surface area contributed by atoms with Crippen LogP contribution in [0.25, 0.3) is 0 Å². The van der Waals surface area contributed by atoms with Crippen molar-refractivity contribution >= 4 is 33.2 Å². The molecule has 142 valence electrons. The first-order valence-corrected chi connectivity index (χ1v) is 10.7. The van der Waals surface area contributed by atoms with Crippen LogP contribution < -0.4 is 4.72 Å². The van der Waals surface area contributed by atoms with Crippen molar-refractivity contribution in [2.45, 2.75) is 30.7 Å². The van der Waals surface area contributed by atoms with Crippen molar-refractivity contribution < 1.29 is 8.42 Å². The van der Waals surface area contributed by atoms with Crippen LogP contribution in [0.3, 0.4) is 0 Å². The zero-order valence-electron chi connectivity index (χ0n) is 15.2. The molecule has 0 aliphatic heterocycles. The van der Waals surface area contributed by atoms with E-state index in [-0.39, 0.29) is 4.90 Å². The number of likely N-dealkylation sites (N-methyl/N-ethyl adjacent to an activating group) is 1. The molecule has 0 spiro atoms. The van der Waals surface area contributed by atoms with Gasteiger partial charge in [0.05, 0.1) is 21.0 Å². The maximum Gasteiger partial charge on any atom is 0.241 e. The van der Waals surface area contributed by atoms with E-state index in [2.05, 4.69) is 11.6 Å². The summed E-state index contributed by atoms with van der Waals surface area (Å²) in [6.07, 6.45) is 1.95. The van der Waals surface area contributed by atoms with Gasteiger partial charge in [-0.05, 0) is 55.9 Å². The molecule has 7 heteroatoms. The molecule has 0 fully saturated rings. The molecular weight excluding hydrogens is 391 g/mol. The second-order valence-corrected chi connectivity index (χ2v) is 9.03. The molecule has 0 aliphatic rings. The highest BCUT2D eigenvalue weighted by Crippen LogP contribution is 2.27. The molecule has 0 saturated heterocycles. The van der Waals surface area contributed by atoms with Crippen LogP contribution in [0, 0.1) is 0 Å². The van der Waals surface area contributed by atoms with Crippen molar-refractivity contribution in [1.29, 1.82) is 0 Å². The Labute approximate surface area is 166 Å². The van der Waals surface area contributed by atoms with Gasteiger partial charge in [-0.25, -0.2) is 13.1 Å². The van der Waals surface area contributed by atoms with Gasteiger partial charge in [-0.1, -0.05) is 54.7 Å². The summed E-state index contributed by atoms with van der Waals surface area (Å²) in [7, 11) is 0.114. The number of benzene rings is 2. The maximum absolute atomic E-state index is 12.8. The van der Waals surface area contributed by atoms with Crippen LogP contribution in [0.15, 0.2) is 47.4 Å². The molecule has 2 aromatic rings. The van der Waals surface area contributed by atoms with Crippen LogP contribution in [0.5, 0.6) is 0 Å². The fourth-order valence-electron chi connectivity index (χ4n) is 2.68. The number of sulfonamides is 1. The highest BCUT2D eigenvalue weighted by Gasteiger charge is 2.22. The average molecular weight is 415 g/mol. The van der Waals surface area contributed by atoms with Gasteiger partial charge < -0.3 is 4.90 Å². The van der Waals surface area contributed by atoms with Crippen LogP contribution in [0.4, 0.5) is 0 Å². The predicted molar refractivity (Wildman–Crippen MR) is 109 cm³/mol. The Bertz CT molecular complexity index is 837. The summed E-state index contributed by atoms with van der Waals surface area (Å²) in [4.78, 5) is 2.17. The monoisotopic (exact) mass is 414 g/mol. The molecular formula is C19H24Cl2N2O2S. The summed E-state index contributed by atoms with van der Waals surface area (Å²) in [5.74, 6) is 0. The smallest absolute Gasteiger partial charge is 0.241 e.